The van der Waals surface area contributed by atoms with Crippen LogP contribution in [0.25, 0.3) is 0 Å². The molecule has 1 aromatic heterocycles. The number of rotatable bonds is 3. The average molecular weight is 413 g/mol. The highest BCUT2D eigenvalue weighted by Gasteiger charge is 2.33. The van der Waals surface area contributed by atoms with Gasteiger partial charge >= 0.3 is 6.01 Å². The van der Waals surface area contributed by atoms with Gasteiger partial charge in [0.1, 0.15) is 12.5 Å². The highest BCUT2D eigenvalue weighted by atomic mass is 35.5. The number of amides is 1. The van der Waals surface area contributed by atoms with E-state index in [4.69, 9.17) is 16.3 Å². The van der Waals surface area contributed by atoms with Gasteiger partial charge in [-0.15, -0.1) is 0 Å². The summed E-state index contributed by atoms with van der Waals surface area (Å²) >= 11 is 6.17. The van der Waals surface area contributed by atoms with Crippen LogP contribution < -0.4 is 14.5 Å². The third-order valence-electron chi connectivity index (χ3n) is 4.86. The molecule has 0 N–H and O–H groups in total. The molecule has 0 unspecified atom stereocenters. The quantitative estimate of drug-likeness (QED) is 0.626. The third-order valence-corrected chi connectivity index (χ3v) is 5.10. The Balaban J connectivity index is 1.87. The van der Waals surface area contributed by atoms with Crippen LogP contribution in [0.15, 0.2) is 42.6 Å². The highest BCUT2D eigenvalue weighted by molar-refractivity contribution is 6.31. The van der Waals surface area contributed by atoms with E-state index in [1.54, 1.807) is 42.3 Å². The Hall–Kier alpha value is -3.19. The zero-order chi connectivity index (χ0) is 20.7. The molecule has 2 heterocycles. The summed E-state index contributed by atoms with van der Waals surface area (Å²) in [6.07, 6.45) is 1.56. The molecule has 0 aliphatic carbocycles. The molecule has 0 fully saturated rings. The van der Waals surface area contributed by atoms with Gasteiger partial charge in [-0.3, -0.25) is 9.69 Å². The number of anilines is 3. The van der Waals surface area contributed by atoms with Crippen molar-refractivity contribution in [2.45, 2.75) is 13.8 Å². The molecule has 0 saturated carbocycles. The average Bonchev–Trinajstić information content (AvgIpc) is 2.69. The zero-order valence-electron chi connectivity index (χ0n) is 16.1. The normalized spacial score (nSPS) is 13.5. The molecule has 4 rings (SSSR count). The molecular weight excluding hydrogens is 395 g/mol. The van der Waals surface area contributed by atoms with Crippen LogP contribution in [0.1, 0.15) is 21.6 Å². The summed E-state index contributed by atoms with van der Waals surface area (Å²) in [5, 5.41) is 0.456. The Bertz CT molecular complexity index is 1120. The van der Waals surface area contributed by atoms with Crippen molar-refractivity contribution in [2.75, 3.05) is 23.6 Å². The number of carbonyl (C=O) groups excluding carboxylic acids is 1. The number of carbonyl (C=O) groups is 1. The van der Waals surface area contributed by atoms with Crippen molar-refractivity contribution in [3.63, 3.8) is 0 Å². The number of benzene rings is 2. The van der Waals surface area contributed by atoms with Gasteiger partial charge in [0.15, 0.2) is 0 Å². The van der Waals surface area contributed by atoms with Crippen LogP contribution in [0.4, 0.5) is 21.5 Å². The van der Waals surface area contributed by atoms with Crippen LogP contribution in [-0.4, -0.2) is 29.7 Å². The number of fused-ring (bicyclic) bond motifs is 1. The molecule has 2 aromatic carbocycles. The second-order valence-electron chi connectivity index (χ2n) is 6.72. The zero-order valence-corrected chi connectivity index (χ0v) is 16.9. The molecule has 1 amide bonds. The van der Waals surface area contributed by atoms with Crippen molar-refractivity contribution in [2.24, 2.45) is 0 Å². The number of hydrogen-bond donors (Lipinski definition) is 0. The van der Waals surface area contributed by atoms with E-state index in [-0.39, 0.29) is 24.4 Å². The summed E-state index contributed by atoms with van der Waals surface area (Å²) in [5.74, 6) is -0.526. The molecule has 0 saturated heterocycles. The van der Waals surface area contributed by atoms with E-state index >= 15 is 0 Å². The molecule has 0 bridgehead atoms. The fourth-order valence-electron chi connectivity index (χ4n) is 3.46. The van der Waals surface area contributed by atoms with Gasteiger partial charge in [-0.05, 0) is 55.8 Å². The second-order valence-corrected chi connectivity index (χ2v) is 7.16. The van der Waals surface area contributed by atoms with Crippen molar-refractivity contribution in [3.8, 4) is 6.01 Å². The fourth-order valence-corrected chi connectivity index (χ4v) is 3.63. The minimum Gasteiger partial charge on any atom is -0.467 e. The van der Waals surface area contributed by atoms with Gasteiger partial charge in [0.05, 0.1) is 35.9 Å². The first-order valence-corrected chi connectivity index (χ1v) is 9.29. The molecule has 148 valence electrons. The Labute approximate surface area is 172 Å². The van der Waals surface area contributed by atoms with Gasteiger partial charge in [0, 0.05) is 10.7 Å². The highest BCUT2D eigenvalue weighted by Crippen LogP contribution is 2.38. The summed E-state index contributed by atoms with van der Waals surface area (Å²) < 4.78 is 18.7. The fraction of sp³-hybridized carbons (Fsp3) is 0.190. The van der Waals surface area contributed by atoms with E-state index in [0.717, 1.165) is 11.3 Å². The van der Waals surface area contributed by atoms with Gasteiger partial charge in [-0.25, -0.2) is 9.37 Å². The summed E-state index contributed by atoms with van der Waals surface area (Å²) in [6.45, 7) is 3.83. The minimum atomic E-state index is -0.313. The van der Waals surface area contributed by atoms with Crippen LogP contribution >= 0.6 is 11.6 Å². The van der Waals surface area contributed by atoms with Crippen LogP contribution in [-0.2, 0) is 0 Å². The van der Waals surface area contributed by atoms with E-state index < -0.39 is 0 Å². The Morgan fingerprint density at radius 2 is 1.83 bits per heavy atom. The largest absolute Gasteiger partial charge is 0.467 e. The number of hydrogen-bond acceptors (Lipinski definition) is 5. The van der Waals surface area contributed by atoms with E-state index in [1.165, 1.54) is 19.2 Å². The summed E-state index contributed by atoms with van der Waals surface area (Å²) in [4.78, 5) is 25.2. The molecule has 6 nitrogen and oxygen atoms in total. The van der Waals surface area contributed by atoms with Crippen LogP contribution in [0.2, 0.25) is 5.02 Å². The molecule has 1 aliphatic rings. The minimum absolute atomic E-state index is 0.213. The van der Waals surface area contributed by atoms with E-state index in [1.807, 2.05) is 11.8 Å². The number of ether oxygens (including phenoxy) is 1. The van der Waals surface area contributed by atoms with Crippen LogP contribution in [0, 0.1) is 19.7 Å². The maximum Gasteiger partial charge on any atom is 0.316 e. The molecule has 29 heavy (non-hydrogen) atoms. The third kappa shape index (κ3) is 3.38. The van der Waals surface area contributed by atoms with E-state index in [9.17, 15) is 9.18 Å². The van der Waals surface area contributed by atoms with Gasteiger partial charge in [0.2, 0.25) is 0 Å². The Morgan fingerprint density at radius 3 is 2.52 bits per heavy atom. The van der Waals surface area contributed by atoms with E-state index in [2.05, 4.69) is 9.97 Å². The summed E-state index contributed by atoms with van der Waals surface area (Å²) in [7, 11) is 1.48. The van der Waals surface area contributed by atoms with Crippen molar-refractivity contribution in [3.05, 3.63) is 70.3 Å². The van der Waals surface area contributed by atoms with Crippen LogP contribution in [0.3, 0.4) is 0 Å². The predicted molar refractivity (Wildman–Crippen MR) is 110 cm³/mol. The monoisotopic (exact) mass is 412 g/mol. The second kappa shape index (κ2) is 7.33. The van der Waals surface area contributed by atoms with Crippen LogP contribution in [0.5, 0.6) is 6.01 Å². The van der Waals surface area contributed by atoms with Gasteiger partial charge < -0.3 is 9.64 Å². The summed E-state index contributed by atoms with van der Waals surface area (Å²) in [6, 6.07) is 9.97. The molecule has 8 heteroatoms. The first kappa shape index (κ1) is 19.1. The first-order valence-electron chi connectivity index (χ1n) is 8.92. The number of aromatic nitrogens is 2. The molecule has 0 atom stereocenters. The number of nitrogens with zero attached hydrogens (tertiary/aromatic N) is 4. The summed E-state index contributed by atoms with van der Waals surface area (Å²) in [5.41, 5.74) is 3.86. The number of halogens is 2. The smallest absolute Gasteiger partial charge is 0.316 e. The standard InChI is InChI=1S/C21H18ClFN4O2/c1-12-8-15(23)5-7-17(12)26-11-27(19-10-24-21(29-3)25-13(19)2)20(28)16-9-14(22)4-6-18(16)26/h4-10H,11H2,1-3H3. The van der Waals surface area contributed by atoms with Gasteiger partial charge in [0.25, 0.3) is 5.91 Å². The lowest BCUT2D eigenvalue weighted by Gasteiger charge is -2.39. The van der Waals surface area contributed by atoms with Crippen molar-refractivity contribution in [1.82, 2.24) is 9.97 Å². The van der Waals surface area contributed by atoms with Gasteiger partial charge in [-0.2, -0.15) is 4.98 Å². The molecule has 3 aromatic rings. The Kier molecular flexibility index (Phi) is 4.84. The van der Waals surface area contributed by atoms with Crippen molar-refractivity contribution in [1.29, 1.82) is 0 Å². The number of aryl methyl sites for hydroxylation is 2. The number of methoxy groups -OCH3 is 1. The lowest BCUT2D eigenvalue weighted by Crippen LogP contribution is -2.45. The molecule has 0 radical (unpaired) electrons. The van der Waals surface area contributed by atoms with Crippen molar-refractivity contribution >= 4 is 34.6 Å². The van der Waals surface area contributed by atoms with E-state index in [0.29, 0.717) is 27.7 Å². The Morgan fingerprint density at radius 1 is 1.07 bits per heavy atom. The topological polar surface area (TPSA) is 58.6 Å². The lowest BCUT2D eigenvalue weighted by atomic mass is 10.0. The predicted octanol–water partition coefficient (Wildman–Crippen LogP) is 4.65. The van der Waals surface area contributed by atoms with Crippen molar-refractivity contribution < 1.29 is 13.9 Å². The first-order chi connectivity index (χ1) is 13.9. The maximum absolute atomic E-state index is 13.7. The maximum atomic E-state index is 13.7. The lowest BCUT2D eigenvalue weighted by molar-refractivity contribution is 0.0983. The molecule has 0 spiro atoms. The van der Waals surface area contributed by atoms with Gasteiger partial charge in [-0.1, -0.05) is 11.6 Å². The molecule has 1 aliphatic heterocycles. The molecular formula is C21H18ClFN4O2. The SMILES string of the molecule is COc1ncc(N2CN(c3ccc(F)cc3C)c3ccc(Cl)cc3C2=O)c(C)n1.